The first kappa shape index (κ1) is 15.9. The predicted octanol–water partition coefficient (Wildman–Crippen LogP) is 1.60. The zero-order chi connectivity index (χ0) is 16.6. The second kappa shape index (κ2) is 5.92. The van der Waals surface area contributed by atoms with Gasteiger partial charge in [-0.3, -0.25) is 10.2 Å². The normalized spacial score (nSPS) is 26.9. The number of rotatable bonds is 4. The summed E-state index contributed by atoms with van der Waals surface area (Å²) >= 11 is 0. The summed E-state index contributed by atoms with van der Waals surface area (Å²) in [5.41, 5.74) is 0.514. The Morgan fingerprint density at radius 1 is 1.35 bits per heavy atom. The van der Waals surface area contributed by atoms with E-state index in [9.17, 15) is 17.6 Å². The highest BCUT2D eigenvalue weighted by atomic mass is 32.2. The maximum absolute atomic E-state index is 14.1. The second-order valence-corrected chi connectivity index (χ2v) is 8.22. The number of benzene rings is 1. The first-order valence-corrected chi connectivity index (χ1v) is 9.20. The van der Waals surface area contributed by atoms with Crippen LogP contribution in [-0.2, 0) is 14.6 Å². The van der Waals surface area contributed by atoms with E-state index >= 15 is 0 Å². The van der Waals surface area contributed by atoms with Gasteiger partial charge in [-0.05, 0) is 37.0 Å². The van der Waals surface area contributed by atoms with Gasteiger partial charge in [-0.2, -0.15) is 0 Å². The van der Waals surface area contributed by atoms with Crippen molar-refractivity contribution in [3.8, 4) is 0 Å². The average Bonchev–Trinajstić information content (AvgIpc) is 2.42. The lowest BCUT2D eigenvalue weighted by atomic mass is 9.82. The molecule has 3 rings (SSSR count). The third-order valence-corrected chi connectivity index (χ3v) is 6.77. The number of hydrogen-bond acceptors (Lipinski definition) is 4. The monoisotopic (exact) mass is 339 g/mol. The van der Waals surface area contributed by atoms with Crippen LogP contribution in [0, 0.1) is 17.1 Å². The summed E-state index contributed by atoms with van der Waals surface area (Å²) in [5, 5.41) is 12.5. The molecule has 0 aromatic heterocycles. The van der Waals surface area contributed by atoms with Crippen molar-refractivity contribution in [2.24, 2.45) is 5.92 Å². The Morgan fingerprint density at radius 3 is 2.65 bits per heavy atom. The summed E-state index contributed by atoms with van der Waals surface area (Å²) in [7, 11) is -3.52. The molecule has 0 radical (unpaired) electrons. The molecular formula is C15H18FN3O3S. The van der Waals surface area contributed by atoms with E-state index in [1.165, 1.54) is 18.2 Å². The number of amides is 1. The maximum atomic E-state index is 14.1. The van der Waals surface area contributed by atoms with E-state index < -0.39 is 26.9 Å². The molecule has 1 saturated carbocycles. The standard InChI is InChI=1S/C15H18FN3O3S/c16-12-5-4-10(18-8-20)6-11(12)13-7-23(21,22)14(15(17)19-13)9-2-1-3-9/h4-6,8-9,13-14H,1-3,7H2,(H2,17,19)(H,18,20). The van der Waals surface area contributed by atoms with Crippen LogP contribution in [0.15, 0.2) is 18.2 Å². The molecule has 1 saturated heterocycles. The molecule has 1 amide bonds. The van der Waals surface area contributed by atoms with Gasteiger partial charge in [0, 0.05) is 11.3 Å². The molecule has 1 aliphatic carbocycles. The number of carbonyl (C=O) groups is 1. The smallest absolute Gasteiger partial charge is 0.211 e. The molecule has 1 aliphatic heterocycles. The zero-order valence-corrected chi connectivity index (χ0v) is 13.2. The summed E-state index contributed by atoms with van der Waals surface area (Å²) in [6.45, 7) is 0. The number of carbonyl (C=O) groups excluding carboxylic acids is 1. The van der Waals surface area contributed by atoms with Crippen molar-refractivity contribution >= 4 is 27.8 Å². The lowest BCUT2D eigenvalue weighted by molar-refractivity contribution is -0.105. The lowest BCUT2D eigenvalue weighted by Crippen LogP contribution is -2.54. The molecule has 8 heteroatoms. The largest absolute Gasteiger partial charge is 0.365 e. The lowest BCUT2D eigenvalue weighted by Gasteiger charge is -2.39. The van der Waals surface area contributed by atoms with Crippen molar-refractivity contribution in [2.45, 2.75) is 30.6 Å². The summed E-state index contributed by atoms with van der Waals surface area (Å²) in [6.07, 6.45) is 3.08. The number of amidine groups is 1. The molecule has 3 N–H and O–H groups in total. The molecule has 2 atom stereocenters. The molecule has 0 bridgehead atoms. The molecule has 1 aromatic rings. The number of hydrogen-bond donors (Lipinski definition) is 3. The van der Waals surface area contributed by atoms with Gasteiger partial charge in [-0.1, -0.05) is 6.42 Å². The SMILES string of the molecule is N=C1NC(c2cc(NC=O)ccc2F)CS(=O)(=O)C1C1CCC1. The van der Waals surface area contributed by atoms with Crippen LogP contribution >= 0.6 is 0 Å². The van der Waals surface area contributed by atoms with Gasteiger partial charge in [0.05, 0.1) is 11.8 Å². The van der Waals surface area contributed by atoms with Gasteiger partial charge in [-0.15, -0.1) is 0 Å². The van der Waals surface area contributed by atoms with Gasteiger partial charge in [0.25, 0.3) is 0 Å². The van der Waals surface area contributed by atoms with E-state index in [0.29, 0.717) is 12.1 Å². The van der Waals surface area contributed by atoms with Gasteiger partial charge in [0.1, 0.15) is 16.9 Å². The van der Waals surface area contributed by atoms with E-state index in [1.54, 1.807) is 0 Å². The fourth-order valence-electron chi connectivity index (χ4n) is 3.23. The van der Waals surface area contributed by atoms with Crippen molar-refractivity contribution < 1.29 is 17.6 Å². The topological polar surface area (TPSA) is 99.1 Å². The zero-order valence-electron chi connectivity index (χ0n) is 12.4. The minimum atomic E-state index is -3.52. The molecule has 2 fully saturated rings. The maximum Gasteiger partial charge on any atom is 0.211 e. The third-order valence-electron chi connectivity index (χ3n) is 4.58. The molecular weight excluding hydrogens is 321 g/mol. The van der Waals surface area contributed by atoms with Gasteiger partial charge >= 0.3 is 0 Å². The Balaban J connectivity index is 1.89. The third kappa shape index (κ3) is 2.95. The highest BCUT2D eigenvalue weighted by Crippen LogP contribution is 2.37. The molecule has 23 heavy (non-hydrogen) atoms. The Labute approximate surface area is 133 Å². The summed E-state index contributed by atoms with van der Waals surface area (Å²) < 4.78 is 39.2. The molecule has 2 aliphatic rings. The Morgan fingerprint density at radius 2 is 2.09 bits per heavy atom. The molecule has 6 nitrogen and oxygen atoms in total. The Hall–Kier alpha value is -1.96. The fourth-order valence-corrected chi connectivity index (χ4v) is 5.46. The number of anilines is 1. The van der Waals surface area contributed by atoms with Crippen LogP contribution in [0.4, 0.5) is 10.1 Å². The van der Waals surface area contributed by atoms with Crippen molar-refractivity contribution in [1.82, 2.24) is 5.32 Å². The van der Waals surface area contributed by atoms with Crippen molar-refractivity contribution in [1.29, 1.82) is 5.41 Å². The number of nitrogens with one attached hydrogen (secondary N) is 3. The van der Waals surface area contributed by atoms with Crippen LogP contribution in [0.2, 0.25) is 0 Å². The van der Waals surface area contributed by atoms with E-state index in [1.807, 2.05) is 0 Å². The molecule has 124 valence electrons. The van der Waals surface area contributed by atoms with E-state index in [4.69, 9.17) is 5.41 Å². The fraction of sp³-hybridized carbons (Fsp3) is 0.467. The van der Waals surface area contributed by atoms with Crippen molar-refractivity contribution in [3.05, 3.63) is 29.6 Å². The minimum absolute atomic E-state index is 0.00568. The van der Waals surface area contributed by atoms with Crippen LogP contribution in [0.3, 0.4) is 0 Å². The summed E-state index contributed by atoms with van der Waals surface area (Å²) in [5.74, 6) is -0.880. The quantitative estimate of drug-likeness (QED) is 0.726. The molecule has 2 unspecified atom stereocenters. The van der Waals surface area contributed by atoms with E-state index in [2.05, 4.69) is 10.6 Å². The Bertz CT molecular complexity index is 746. The summed E-state index contributed by atoms with van der Waals surface area (Å²) in [6, 6.07) is 3.15. The van der Waals surface area contributed by atoms with Crippen molar-refractivity contribution in [3.63, 3.8) is 0 Å². The highest BCUT2D eigenvalue weighted by molar-refractivity contribution is 7.92. The highest BCUT2D eigenvalue weighted by Gasteiger charge is 2.45. The average molecular weight is 339 g/mol. The van der Waals surface area contributed by atoms with Gasteiger partial charge in [-0.25, -0.2) is 12.8 Å². The van der Waals surface area contributed by atoms with Gasteiger partial charge in [0.15, 0.2) is 9.84 Å². The van der Waals surface area contributed by atoms with Gasteiger partial charge in [0.2, 0.25) is 6.41 Å². The minimum Gasteiger partial charge on any atom is -0.365 e. The van der Waals surface area contributed by atoms with Crippen LogP contribution in [0.1, 0.15) is 30.9 Å². The first-order chi connectivity index (χ1) is 10.9. The van der Waals surface area contributed by atoms with Crippen molar-refractivity contribution in [2.75, 3.05) is 11.1 Å². The van der Waals surface area contributed by atoms with E-state index in [-0.39, 0.29) is 23.1 Å². The van der Waals surface area contributed by atoms with E-state index in [0.717, 1.165) is 19.3 Å². The van der Waals surface area contributed by atoms with Crippen LogP contribution in [-0.4, -0.2) is 31.7 Å². The summed E-state index contributed by atoms with van der Waals surface area (Å²) in [4.78, 5) is 10.5. The Kier molecular flexibility index (Phi) is 4.09. The molecule has 1 aromatic carbocycles. The number of halogens is 1. The first-order valence-electron chi connectivity index (χ1n) is 7.48. The van der Waals surface area contributed by atoms with Crippen LogP contribution in [0.5, 0.6) is 0 Å². The van der Waals surface area contributed by atoms with Gasteiger partial charge < -0.3 is 10.6 Å². The van der Waals surface area contributed by atoms with Crippen LogP contribution in [0.25, 0.3) is 0 Å². The van der Waals surface area contributed by atoms with Crippen LogP contribution < -0.4 is 10.6 Å². The molecule has 1 heterocycles. The second-order valence-electron chi connectivity index (χ2n) is 6.05. The number of sulfone groups is 1. The predicted molar refractivity (Wildman–Crippen MR) is 84.6 cm³/mol. The molecule has 0 spiro atoms.